The van der Waals surface area contributed by atoms with E-state index in [1.807, 2.05) is 30.3 Å². The van der Waals surface area contributed by atoms with Crippen molar-refractivity contribution in [3.8, 4) is 0 Å². The van der Waals surface area contributed by atoms with Crippen LogP contribution in [0.3, 0.4) is 0 Å². The molecule has 2 heterocycles. The molecule has 0 bridgehead atoms. The molecule has 1 N–H and O–H groups in total. The molecule has 0 aliphatic heterocycles. The fraction of sp³-hybridized carbons (Fsp3) is 0.0667. The standard InChI is InChI=1S/C15H12N4O/c20-15(18-9-12-5-1-2-7-17-12)13-6-3-4-11-8-16-10-19-14(11)13/h1-8,10H,9H2,(H,18,20). The Labute approximate surface area is 115 Å². The van der Waals surface area contributed by atoms with Gasteiger partial charge in [-0.3, -0.25) is 9.78 Å². The average molecular weight is 264 g/mol. The zero-order valence-corrected chi connectivity index (χ0v) is 10.7. The van der Waals surface area contributed by atoms with Gasteiger partial charge < -0.3 is 5.32 Å². The largest absolute Gasteiger partial charge is 0.346 e. The molecule has 3 rings (SSSR count). The number of carbonyl (C=O) groups excluding carboxylic acids is 1. The molecule has 5 heteroatoms. The summed E-state index contributed by atoms with van der Waals surface area (Å²) in [5, 5.41) is 3.69. The molecule has 0 saturated carbocycles. The molecule has 0 radical (unpaired) electrons. The summed E-state index contributed by atoms with van der Waals surface area (Å²) < 4.78 is 0. The molecule has 0 spiro atoms. The van der Waals surface area contributed by atoms with Gasteiger partial charge >= 0.3 is 0 Å². The Balaban J connectivity index is 1.82. The number of nitrogens with zero attached hydrogens (tertiary/aromatic N) is 3. The second-order valence-electron chi connectivity index (χ2n) is 4.27. The normalized spacial score (nSPS) is 10.4. The first-order valence-electron chi connectivity index (χ1n) is 6.21. The van der Waals surface area contributed by atoms with E-state index in [1.165, 1.54) is 6.33 Å². The maximum atomic E-state index is 12.2. The van der Waals surface area contributed by atoms with E-state index in [-0.39, 0.29) is 5.91 Å². The first kappa shape index (κ1) is 12.2. The Kier molecular flexibility index (Phi) is 3.33. The van der Waals surface area contributed by atoms with Gasteiger partial charge in [0.15, 0.2) is 0 Å². The van der Waals surface area contributed by atoms with Crippen LogP contribution in [0.2, 0.25) is 0 Å². The summed E-state index contributed by atoms with van der Waals surface area (Å²) in [5.74, 6) is -0.167. The van der Waals surface area contributed by atoms with Crippen molar-refractivity contribution < 1.29 is 4.79 Å². The van der Waals surface area contributed by atoms with Crippen LogP contribution < -0.4 is 5.32 Å². The predicted molar refractivity (Wildman–Crippen MR) is 74.9 cm³/mol. The van der Waals surface area contributed by atoms with E-state index >= 15 is 0 Å². The Morgan fingerprint density at radius 1 is 1.10 bits per heavy atom. The number of hydrogen-bond acceptors (Lipinski definition) is 4. The van der Waals surface area contributed by atoms with Gasteiger partial charge in [0.1, 0.15) is 6.33 Å². The fourth-order valence-electron chi connectivity index (χ4n) is 1.97. The number of aromatic nitrogens is 3. The van der Waals surface area contributed by atoms with Crippen molar-refractivity contribution >= 4 is 16.8 Å². The van der Waals surface area contributed by atoms with Crippen molar-refractivity contribution in [2.45, 2.75) is 6.54 Å². The molecule has 0 aliphatic rings. The first-order chi connectivity index (χ1) is 9.84. The van der Waals surface area contributed by atoms with Crippen LogP contribution in [0, 0.1) is 0 Å². The summed E-state index contributed by atoms with van der Waals surface area (Å²) in [5.41, 5.74) is 2.01. The molecule has 0 fully saturated rings. The van der Waals surface area contributed by atoms with Crippen molar-refractivity contribution in [1.82, 2.24) is 20.3 Å². The minimum atomic E-state index is -0.167. The zero-order valence-electron chi connectivity index (χ0n) is 10.7. The van der Waals surface area contributed by atoms with E-state index < -0.39 is 0 Å². The third-order valence-corrected chi connectivity index (χ3v) is 2.94. The van der Waals surface area contributed by atoms with Gasteiger partial charge in [0, 0.05) is 17.8 Å². The smallest absolute Gasteiger partial charge is 0.253 e. The van der Waals surface area contributed by atoms with Crippen LogP contribution in [0.5, 0.6) is 0 Å². The molecule has 98 valence electrons. The van der Waals surface area contributed by atoms with Gasteiger partial charge in [-0.1, -0.05) is 18.2 Å². The van der Waals surface area contributed by atoms with Crippen molar-refractivity contribution in [2.24, 2.45) is 0 Å². The second kappa shape index (κ2) is 5.44. The highest BCUT2D eigenvalue weighted by Gasteiger charge is 2.10. The highest BCUT2D eigenvalue weighted by Crippen LogP contribution is 2.14. The van der Waals surface area contributed by atoms with E-state index in [0.717, 1.165) is 11.1 Å². The number of amides is 1. The van der Waals surface area contributed by atoms with E-state index in [1.54, 1.807) is 18.5 Å². The monoisotopic (exact) mass is 264 g/mol. The van der Waals surface area contributed by atoms with Gasteiger partial charge in [0.05, 0.1) is 23.3 Å². The number of carbonyl (C=O) groups is 1. The number of rotatable bonds is 3. The SMILES string of the molecule is O=C(NCc1ccccn1)c1cccc2cncnc12. The molecule has 2 aromatic heterocycles. The predicted octanol–water partition coefficient (Wildman–Crippen LogP) is 1.95. The first-order valence-corrected chi connectivity index (χ1v) is 6.21. The fourth-order valence-corrected chi connectivity index (χ4v) is 1.97. The van der Waals surface area contributed by atoms with Crippen molar-refractivity contribution in [2.75, 3.05) is 0 Å². The molecule has 1 aromatic carbocycles. The Hall–Kier alpha value is -2.82. The van der Waals surface area contributed by atoms with E-state index in [0.29, 0.717) is 17.6 Å². The zero-order chi connectivity index (χ0) is 13.8. The van der Waals surface area contributed by atoms with Gasteiger partial charge in [-0.2, -0.15) is 0 Å². The lowest BCUT2D eigenvalue weighted by Crippen LogP contribution is -2.23. The lowest BCUT2D eigenvalue weighted by molar-refractivity contribution is 0.0952. The highest BCUT2D eigenvalue weighted by molar-refractivity contribution is 6.05. The van der Waals surface area contributed by atoms with Gasteiger partial charge in [-0.15, -0.1) is 0 Å². The highest BCUT2D eigenvalue weighted by atomic mass is 16.1. The lowest BCUT2D eigenvalue weighted by atomic mass is 10.1. The van der Waals surface area contributed by atoms with Gasteiger partial charge in [0.2, 0.25) is 0 Å². The van der Waals surface area contributed by atoms with Crippen molar-refractivity contribution in [1.29, 1.82) is 0 Å². The third-order valence-electron chi connectivity index (χ3n) is 2.94. The topological polar surface area (TPSA) is 67.8 Å². The van der Waals surface area contributed by atoms with E-state index in [9.17, 15) is 4.79 Å². The van der Waals surface area contributed by atoms with Crippen LogP contribution in [0.15, 0.2) is 55.1 Å². The van der Waals surface area contributed by atoms with Gasteiger partial charge in [-0.05, 0) is 18.2 Å². The van der Waals surface area contributed by atoms with Gasteiger partial charge in [-0.25, -0.2) is 9.97 Å². The van der Waals surface area contributed by atoms with Crippen LogP contribution in [0.1, 0.15) is 16.1 Å². The minimum absolute atomic E-state index is 0.167. The molecule has 20 heavy (non-hydrogen) atoms. The Morgan fingerprint density at radius 3 is 2.90 bits per heavy atom. The summed E-state index contributed by atoms with van der Waals surface area (Å²) >= 11 is 0. The summed E-state index contributed by atoms with van der Waals surface area (Å²) in [4.78, 5) is 24.5. The van der Waals surface area contributed by atoms with Crippen LogP contribution in [-0.2, 0) is 6.54 Å². The molecule has 5 nitrogen and oxygen atoms in total. The quantitative estimate of drug-likeness (QED) is 0.785. The van der Waals surface area contributed by atoms with Gasteiger partial charge in [0.25, 0.3) is 5.91 Å². The van der Waals surface area contributed by atoms with Crippen LogP contribution >= 0.6 is 0 Å². The summed E-state index contributed by atoms with van der Waals surface area (Å²) in [7, 11) is 0. The maximum absolute atomic E-state index is 12.2. The molecular formula is C15H12N4O. The van der Waals surface area contributed by atoms with E-state index in [4.69, 9.17) is 0 Å². The Morgan fingerprint density at radius 2 is 2.05 bits per heavy atom. The minimum Gasteiger partial charge on any atom is -0.346 e. The number of hydrogen-bond donors (Lipinski definition) is 1. The number of benzene rings is 1. The second-order valence-corrected chi connectivity index (χ2v) is 4.27. The molecule has 1 amide bonds. The molecule has 0 atom stereocenters. The summed E-state index contributed by atoms with van der Waals surface area (Å²) in [6.07, 6.45) is 4.84. The van der Waals surface area contributed by atoms with Crippen molar-refractivity contribution in [3.63, 3.8) is 0 Å². The number of para-hydroxylation sites is 1. The van der Waals surface area contributed by atoms with Crippen LogP contribution in [0.4, 0.5) is 0 Å². The van der Waals surface area contributed by atoms with Crippen molar-refractivity contribution in [3.05, 3.63) is 66.4 Å². The number of pyridine rings is 1. The summed E-state index contributed by atoms with van der Waals surface area (Å²) in [6, 6.07) is 11.0. The number of nitrogens with one attached hydrogen (secondary N) is 1. The third kappa shape index (κ3) is 2.47. The van der Waals surface area contributed by atoms with E-state index in [2.05, 4.69) is 20.3 Å². The molecule has 0 saturated heterocycles. The molecule has 0 aliphatic carbocycles. The van der Waals surface area contributed by atoms with Crippen LogP contribution in [-0.4, -0.2) is 20.9 Å². The summed E-state index contributed by atoms with van der Waals surface area (Å²) in [6.45, 7) is 0.390. The van der Waals surface area contributed by atoms with Crippen LogP contribution in [0.25, 0.3) is 10.9 Å². The molecule has 0 unspecified atom stereocenters. The Bertz CT molecular complexity index is 738. The maximum Gasteiger partial charge on any atom is 0.253 e. The average Bonchev–Trinajstić information content (AvgIpc) is 2.53. The number of fused-ring (bicyclic) bond motifs is 1. The molecule has 3 aromatic rings. The molecular weight excluding hydrogens is 252 g/mol. The lowest BCUT2D eigenvalue weighted by Gasteiger charge is -2.06.